The molecule has 0 aliphatic heterocycles. The summed E-state index contributed by atoms with van der Waals surface area (Å²) in [4.78, 5) is 8.71. The van der Waals surface area contributed by atoms with Crippen LogP contribution in [-0.4, -0.2) is 22.7 Å². The quantitative estimate of drug-likeness (QED) is 0.443. The van der Waals surface area contributed by atoms with E-state index in [-0.39, 0.29) is 18.4 Å². The van der Waals surface area contributed by atoms with Crippen molar-refractivity contribution in [3.63, 3.8) is 0 Å². The van der Waals surface area contributed by atoms with Gasteiger partial charge in [-0.1, -0.05) is 20.8 Å². The van der Waals surface area contributed by atoms with Crippen LogP contribution in [0.1, 0.15) is 45.0 Å². The second kappa shape index (κ2) is 6.46. The first-order valence-corrected chi connectivity index (χ1v) is 6.71. The van der Waals surface area contributed by atoms with Crippen molar-refractivity contribution in [1.82, 2.24) is 9.97 Å². The molecule has 1 heterocycles. The number of halogens is 3. The zero-order valence-corrected chi connectivity index (χ0v) is 12.7. The molecule has 0 saturated carbocycles. The summed E-state index contributed by atoms with van der Waals surface area (Å²) in [6, 6.07) is 0. The summed E-state index contributed by atoms with van der Waals surface area (Å²) in [5, 5.41) is 2.93. The van der Waals surface area contributed by atoms with E-state index in [4.69, 9.17) is 5.84 Å². The van der Waals surface area contributed by atoms with Gasteiger partial charge in [-0.15, -0.1) is 0 Å². The van der Waals surface area contributed by atoms with Crippen LogP contribution in [0, 0.1) is 6.92 Å². The predicted octanol–water partition coefficient (Wildman–Crippen LogP) is 3.12. The number of nitrogens with two attached hydrogens (primary N) is 1. The predicted molar refractivity (Wildman–Crippen MR) is 77.1 cm³/mol. The van der Waals surface area contributed by atoms with Gasteiger partial charge in [-0.05, 0) is 13.3 Å². The van der Waals surface area contributed by atoms with E-state index in [1.807, 2.05) is 20.8 Å². The topological polar surface area (TPSA) is 75.9 Å². The standard InChI is InChI=1S/C13H22F3N5/c1-8-9(18-7-5-6-13(14,15)16)19-11(12(2,3)4)20-10(8)21-17/h5-7,17H2,1-4H3,(H2,18,19,20,21). The number of hydrogen-bond acceptors (Lipinski definition) is 5. The van der Waals surface area contributed by atoms with Crippen molar-refractivity contribution in [2.75, 3.05) is 17.3 Å². The maximum atomic E-state index is 12.1. The minimum Gasteiger partial charge on any atom is -0.370 e. The van der Waals surface area contributed by atoms with Gasteiger partial charge in [-0.3, -0.25) is 0 Å². The summed E-state index contributed by atoms with van der Waals surface area (Å²) in [5.41, 5.74) is 2.88. The molecule has 0 atom stereocenters. The molecule has 0 amide bonds. The van der Waals surface area contributed by atoms with Crippen LogP contribution in [0.2, 0.25) is 0 Å². The maximum absolute atomic E-state index is 12.1. The monoisotopic (exact) mass is 305 g/mol. The average Bonchev–Trinajstić information content (AvgIpc) is 2.33. The average molecular weight is 305 g/mol. The van der Waals surface area contributed by atoms with Crippen molar-refractivity contribution < 1.29 is 13.2 Å². The molecule has 0 spiro atoms. The normalized spacial score (nSPS) is 12.4. The van der Waals surface area contributed by atoms with Crippen LogP contribution < -0.4 is 16.6 Å². The van der Waals surface area contributed by atoms with E-state index in [1.165, 1.54) is 0 Å². The van der Waals surface area contributed by atoms with Crippen LogP contribution in [0.15, 0.2) is 0 Å². The number of rotatable bonds is 5. The first-order chi connectivity index (χ1) is 9.54. The molecule has 1 aromatic heterocycles. The lowest BCUT2D eigenvalue weighted by atomic mass is 9.95. The second-order valence-corrected chi connectivity index (χ2v) is 5.91. The third-order valence-corrected chi connectivity index (χ3v) is 2.88. The minimum absolute atomic E-state index is 0.0107. The van der Waals surface area contributed by atoms with E-state index in [0.717, 1.165) is 0 Å². The van der Waals surface area contributed by atoms with Crippen LogP contribution >= 0.6 is 0 Å². The highest BCUT2D eigenvalue weighted by Crippen LogP contribution is 2.26. The molecule has 0 saturated heterocycles. The van der Waals surface area contributed by atoms with Crippen molar-refractivity contribution in [2.24, 2.45) is 5.84 Å². The molecule has 8 heteroatoms. The van der Waals surface area contributed by atoms with Crippen LogP contribution in [0.25, 0.3) is 0 Å². The smallest absolute Gasteiger partial charge is 0.370 e. The molecule has 0 radical (unpaired) electrons. The Labute approximate surface area is 122 Å². The largest absolute Gasteiger partial charge is 0.389 e. The Morgan fingerprint density at radius 3 is 2.14 bits per heavy atom. The number of aromatic nitrogens is 2. The number of nitrogen functional groups attached to an aromatic ring is 1. The molecule has 120 valence electrons. The van der Waals surface area contributed by atoms with E-state index in [1.54, 1.807) is 6.92 Å². The third kappa shape index (κ3) is 5.37. The molecule has 1 aromatic rings. The molecule has 1 rings (SSSR count). The summed E-state index contributed by atoms with van der Waals surface area (Å²) in [5.74, 6) is 6.97. The van der Waals surface area contributed by atoms with Crippen molar-refractivity contribution in [3.05, 3.63) is 11.4 Å². The van der Waals surface area contributed by atoms with E-state index in [0.29, 0.717) is 23.0 Å². The molecule has 21 heavy (non-hydrogen) atoms. The van der Waals surface area contributed by atoms with Crippen molar-refractivity contribution in [2.45, 2.75) is 52.1 Å². The van der Waals surface area contributed by atoms with Crippen molar-refractivity contribution in [3.8, 4) is 0 Å². The molecular formula is C13H22F3N5. The third-order valence-electron chi connectivity index (χ3n) is 2.88. The number of hydrazine groups is 1. The minimum atomic E-state index is -4.14. The Bertz CT molecular complexity index is 480. The van der Waals surface area contributed by atoms with Crippen LogP contribution in [-0.2, 0) is 5.41 Å². The molecule has 0 aliphatic rings. The number of nitrogens with one attached hydrogen (secondary N) is 2. The van der Waals surface area contributed by atoms with Crippen molar-refractivity contribution >= 4 is 11.6 Å². The van der Waals surface area contributed by atoms with Crippen LogP contribution in [0.4, 0.5) is 24.8 Å². The summed E-state index contributed by atoms with van der Waals surface area (Å²) < 4.78 is 36.4. The van der Waals surface area contributed by atoms with Crippen molar-refractivity contribution in [1.29, 1.82) is 0 Å². The lowest BCUT2D eigenvalue weighted by Gasteiger charge is -2.20. The van der Waals surface area contributed by atoms with E-state index < -0.39 is 12.6 Å². The van der Waals surface area contributed by atoms with Gasteiger partial charge in [0, 0.05) is 23.9 Å². The molecule has 0 unspecified atom stereocenters. The van der Waals surface area contributed by atoms with E-state index in [9.17, 15) is 13.2 Å². The van der Waals surface area contributed by atoms with E-state index >= 15 is 0 Å². The number of hydrogen-bond donors (Lipinski definition) is 3. The summed E-state index contributed by atoms with van der Waals surface area (Å²) in [6.07, 6.45) is -4.97. The van der Waals surface area contributed by atoms with Crippen LogP contribution in [0.5, 0.6) is 0 Å². The first-order valence-electron chi connectivity index (χ1n) is 6.71. The summed E-state index contributed by atoms with van der Waals surface area (Å²) in [6.45, 7) is 7.79. The fourth-order valence-electron chi connectivity index (χ4n) is 1.66. The lowest BCUT2D eigenvalue weighted by molar-refractivity contribution is -0.134. The van der Waals surface area contributed by atoms with Gasteiger partial charge in [0.25, 0.3) is 0 Å². The Morgan fingerprint density at radius 2 is 1.67 bits per heavy atom. The molecule has 0 aromatic carbocycles. The fourth-order valence-corrected chi connectivity index (χ4v) is 1.66. The molecule has 4 N–H and O–H groups in total. The Kier molecular flexibility index (Phi) is 5.38. The zero-order chi connectivity index (χ0) is 16.3. The summed E-state index contributed by atoms with van der Waals surface area (Å²) in [7, 11) is 0. The number of anilines is 2. The molecule has 0 fully saturated rings. The number of nitrogens with zero attached hydrogens (tertiary/aromatic N) is 2. The molecule has 5 nitrogen and oxygen atoms in total. The van der Waals surface area contributed by atoms with Gasteiger partial charge >= 0.3 is 6.18 Å². The van der Waals surface area contributed by atoms with Gasteiger partial charge < -0.3 is 10.7 Å². The first kappa shape index (κ1) is 17.5. The Hall–Kier alpha value is -1.57. The van der Waals surface area contributed by atoms with Crippen LogP contribution in [0.3, 0.4) is 0 Å². The summed E-state index contributed by atoms with van der Waals surface area (Å²) >= 11 is 0. The highest BCUT2D eigenvalue weighted by atomic mass is 19.4. The van der Waals surface area contributed by atoms with E-state index in [2.05, 4.69) is 20.7 Å². The highest BCUT2D eigenvalue weighted by Gasteiger charge is 2.26. The maximum Gasteiger partial charge on any atom is 0.389 e. The Morgan fingerprint density at radius 1 is 1.10 bits per heavy atom. The van der Waals surface area contributed by atoms with Gasteiger partial charge in [-0.25, -0.2) is 15.8 Å². The second-order valence-electron chi connectivity index (χ2n) is 5.91. The molecular weight excluding hydrogens is 283 g/mol. The van der Waals surface area contributed by atoms with Gasteiger partial charge in [0.1, 0.15) is 17.5 Å². The fraction of sp³-hybridized carbons (Fsp3) is 0.692. The lowest BCUT2D eigenvalue weighted by Crippen LogP contribution is -2.21. The van der Waals surface area contributed by atoms with Gasteiger partial charge in [0.2, 0.25) is 0 Å². The van der Waals surface area contributed by atoms with Gasteiger partial charge in [0.15, 0.2) is 0 Å². The Balaban J connectivity index is 2.86. The number of alkyl halides is 3. The molecule has 0 bridgehead atoms. The SMILES string of the molecule is Cc1c(NN)nc(C(C)(C)C)nc1NCCCC(F)(F)F. The molecule has 0 aliphatic carbocycles. The van der Waals surface area contributed by atoms with Gasteiger partial charge in [0.05, 0.1) is 0 Å². The van der Waals surface area contributed by atoms with Gasteiger partial charge in [-0.2, -0.15) is 13.2 Å². The zero-order valence-electron chi connectivity index (χ0n) is 12.7. The highest BCUT2D eigenvalue weighted by molar-refractivity contribution is 5.57.